The molecule has 3 aromatic rings. The number of hydrogen-bond acceptors (Lipinski definition) is 4. The smallest absolute Gasteiger partial charge is 0.278 e. The van der Waals surface area contributed by atoms with Gasteiger partial charge in [-0.1, -0.05) is 17.7 Å². The molecule has 7 nitrogen and oxygen atoms in total. The van der Waals surface area contributed by atoms with Crippen LogP contribution < -0.4 is 5.32 Å². The van der Waals surface area contributed by atoms with Crippen LogP contribution in [0.1, 0.15) is 50.5 Å². The zero-order valence-electron chi connectivity index (χ0n) is 17.5. The molecule has 0 spiro atoms. The van der Waals surface area contributed by atoms with Crippen LogP contribution in [0.4, 0.5) is 5.69 Å². The van der Waals surface area contributed by atoms with E-state index in [1.807, 2.05) is 30.9 Å². The normalized spacial score (nSPS) is 13.5. The fourth-order valence-corrected chi connectivity index (χ4v) is 3.72. The molecule has 1 fully saturated rings. The van der Waals surface area contributed by atoms with Crippen LogP contribution in [0.3, 0.4) is 0 Å². The number of nitrogens with zero attached hydrogens (tertiary/aromatic N) is 4. The topological polar surface area (TPSA) is 80.1 Å². The van der Waals surface area contributed by atoms with Gasteiger partial charge >= 0.3 is 0 Å². The molecule has 0 atom stereocenters. The van der Waals surface area contributed by atoms with E-state index in [1.165, 1.54) is 4.80 Å². The Morgan fingerprint density at radius 1 is 0.933 bits per heavy atom. The Morgan fingerprint density at radius 2 is 1.63 bits per heavy atom. The molecular formula is C23H25N5O2. The van der Waals surface area contributed by atoms with Crippen molar-refractivity contribution in [3.63, 3.8) is 0 Å². The third-order valence-electron chi connectivity index (χ3n) is 5.35. The van der Waals surface area contributed by atoms with Gasteiger partial charge in [0.2, 0.25) is 0 Å². The molecule has 1 saturated heterocycles. The molecule has 0 aliphatic carbocycles. The minimum atomic E-state index is -0.331. The summed E-state index contributed by atoms with van der Waals surface area (Å²) in [5, 5.41) is 11.7. The Labute approximate surface area is 175 Å². The zero-order valence-corrected chi connectivity index (χ0v) is 17.5. The monoisotopic (exact) mass is 403 g/mol. The molecule has 2 aromatic carbocycles. The lowest BCUT2D eigenvalue weighted by atomic mass is 10.1. The molecule has 0 radical (unpaired) electrons. The molecule has 2 heterocycles. The van der Waals surface area contributed by atoms with Crippen LogP contribution >= 0.6 is 0 Å². The zero-order chi connectivity index (χ0) is 21.3. The summed E-state index contributed by atoms with van der Waals surface area (Å²) in [6.45, 7) is 7.41. The van der Waals surface area contributed by atoms with Gasteiger partial charge in [-0.15, -0.1) is 5.10 Å². The lowest BCUT2D eigenvalue weighted by molar-refractivity contribution is 0.0792. The van der Waals surface area contributed by atoms with Crippen molar-refractivity contribution < 1.29 is 9.59 Å². The molecule has 0 saturated carbocycles. The standard InChI is InChI=1S/C23H25N5O2/c1-15-6-11-20(16(2)14-15)28-25-17(3)21(26-28)22(29)24-19-9-7-18(8-10-19)23(30)27-12-4-5-13-27/h6-11,14H,4-5,12-13H2,1-3H3,(H,24,29). The van der Waals surface area contributed by atoms with Crippen molar-refractivity contribution in [3.05, 3.63) is 70.5 Å². The van der Waals surface area contributed by atoms with E-state index < -0.39 is 0 Å². The van der Waals surface area contributed by atoms with Crippen molar-refractivity contribution in [1.29, 1.82) is 0 Å². The van der Waals surface area contributed by atoms with Gasteiger partial charge in [-0.3, -0.25) is 9.59 Å². The molecule has 0 bridgehead atoms. The highest BCUT2D eigenvalue weighted by atomic mass is 16.2. The Balaban J connectivity index is 1.49. The van der Waals surface area contributed by atoms with Crippen molar-refractivity contribution in [2.24, 2.45) is 0 Å². The van der Waals surface area contributed by atoms with Crippen LogP contribution in [0.15, 0.2) is 42.5 Å². The third-order valence-corrected chi connectivity index (χ3v) is 5.35. The number of carbonyl (C=O) groups is 2. The maximum atomic E-state index is 12.7. The molecule has 1 N–H and O–H groups in total. The van der Waals surface area contributed by atoms with Crippen molar-refractivity contribution in [1.82, 2.24) is 19.9 Å². The van der Waals surface area contributed by atoms with Gasteiger partial charge in [0.25, 0.3) is 11.8 Å². The Morgan fingerprint density at radius 3 is 2.30 bits per heavy atom. The minimum absolute atomic E-state index is 0.0395. The minimum Gasteiger partial charge on any atom is -0.339 e. The van der Waals surface area contributed by atoms with E-state index in [-0.39, 0.29) is 17.5 Å². The van der Waals surface area contributed by atoms with Gasteiger partial charge in [-0.25, -0.2) is 0 Å². The van der Waals surface area contributed by atoms with Gasteiger partial charge in [-0.05, 0) is 69.5 Å². The third kappa shape index (κ3) is 3.96. The van der Waals surface area contributed by atoms with E-state index in [1.54, 1.807) is 31.2 Å². The first-order chi connectivity index (χ1) is 14.4. The number of rotatable bonds is 4. The van der Waals surface area contributed by atoms with Gasteiger partial charge in [0.1, 0.15) is 0 Å². The predicted molar refractivity (Wildman–Crippen MR) is 115 cm³/mol. The Kier molecular flexibility index (Phi) is 5.35. The predicted octanol–water partition coefficient (Wildman–Crippen LogP) is 3.68. The largest absolute Gasteiger partial charge is 0.339 e. The average Bonchev–Trinajstić information content (AvgIpc) is 3.38. The maximum absolute atomic E-state index is 12.7. The van der Waals surface area contributed by atoms with Gasteiger partial charge in [0.05, 0.1) is 11.4 Å². The number of aromatic nitrogens is 3. The Bertz CT molecular complexity index is 1100. The molecule has 1 aliphatic rings. The van der Waals surface area contributed by atoms with Crippen LogP contribution in [-0.2, 0) is 0 Å². The van der Waals surface area contributed by atoms with E-state index in [9.17, 15) is 9.59 Å². The second-order valence-electron chi connectivity index (χ2n) is 7.74. The summed E-state index contributed by atoms with van der Waals surface area (Å²) < 4.78 is 0. The van der Waals surface area contributed by atoms with Crippen molar-refractivity contribution in [3.8, 4) is 5.69 Å². The summed E-state index contributed by atoms with van der Waals surface area (Å²) in [5.74, 6) is -0.292. The number of benzene rings is 2. The summed E-state index contributed by atoms with van der Waals surface area (Å²) >= 11 is 0. The molecule has 7 heteroatoms. The van der Waals surface area contributed by atoms with Crippen LogP contribution in [-0.4, -0.2) is 44.8 Å². The lowest BCUT2D eigenvalue weighted by Gasteiger charge is -2.15. The van der Waals surface area contributed by atoms with Crippen molar-refractivity contribution in [2.45, 2.75) is 33.6 Å². The first-order valence-corrected chi connectivity index (χ1v) is 10.1. The van der Waals surface area contributed by atoms with E-state index in [0.29, 0.717) is 16.9 Å². The molecular weight excluding hydrogens is 378 g/mol. The highest BCUT2D eigenvalue weighted by molar-refractivity contribution is 6.04. The van der Waals surface area contributed by atoms with E-state index in [4.69, 9.17) is 0 Å². The van der Waals surface area contributed by atoms with Gasteiger partial charge in [0.15, 0.2) is 5.69 Å². The highest BCUT2D eigenvalue weighted by Crippen LogP contribution is 2.18. The number of anilines is 1. The number of nitrogens with one attached hydrogen (secondary N) is 1. The number of hydrogen-bond donors (Lipinski definition) is 1. The van der Waals surface area contributed by atoms with E-state index in [2.05, 4.69) is 21.6 Å². The summed E-state index contributed by atoms with van der Waals surface area (Å²) in [7, 11) is 0. The first kappa shape index (κ1) is 19.8. The molecule has 154 valence electrons. The number of likely N-dealkylation sites (tertiary alicyclic amines) is 1. The molecule has 4 rings (SSSR count). The highest BCUT2D eigenvalue weighted by Gasteiger charge is 2.20. The fraction of sp³-hybridized carbons (Fsp3) is 0.304. The van der Waals surface area contributed by atoms with E-state index >= 15 is 0 Å². The summed E-state index contributed by atoms with van der Waals surface area (Å²) in [6, 6.07) is 13.0. The van der Waals surface area contributed by atoms with Crippen LogP contribution in [0.2, 0.25) is 0 Å². The molecule has 2 amide bonds. The first-order valence-electron chi connectivity index (χ1n) is 10.1. The number of aryl methyl sites for hydroxylation is 3. The summed E-state index contributed by atoms with van der Waals surface area (Å²) in [5.41, 5.74) is 5.10. The second-order valence-corrected chi connectivity index (χ2v) is 7.74. The quantitative estimate of drug-likeness (QED) is 0.721. The molecule has 1 aromatic heterocycles. The summed E-state index contributed by atoms with van der Waals surface area (Å²) in [4.78, 5) is 28.6. The van der Waals surface area contributed by atoms with Gasteiger partial charge in [-0.2, -0.15) is 9.90 Å². The molecule has 1 aliphatic heterocycles. The van der Waals surface area contributed by atoms with E-state index in [0.717, 1.165) is 42.7 Å². The second kappa shape index (κ2) is 8.10. The van der Waals surface area contributed by atoms with Crippen molar-refractivity contribution >= 4 is 17.5 Å². The Hall–Kier alpha value is -3.48. The molecule has 30 heavy (non-hydrogen) atoms. The fourth-order valence-electron chi connectivity index (χ4n) is 3.72. The van der Waals surface area contributed by atoms with Crippen LogP contribution in [0.25, 0.3) is 5.69 Å². The van der Waals surface area contributed by atoms with Crippen molar-refractivity contribution in [2.75, 3.05) is 18.4 Å². The van der Waals surface area contributed by atoms with Gasteiger partial charge < -0.3 is 10.2 Å². The average molecular weight is 403 g/mol. The van der Waals surface area contributed by atoms with Crippen LogP contribution in [0.5, 0.6) is 0 Å². The summed E-state index contributed by atoms with van der Waals surface area (Å²) in [6.07, 6.45) is 2.12. The number of amides is 2. The SMILES string of the molecule is Cc1ccc(-n2nc(C)c(C(=O)Nc3ccc(C(=O)N4CCCC4)cc3)n2)c(C)c1. The van der Waals surface area contributed by atoms with Gasteiger partial charge in [0, 0.05) is 24.3 Å². The maximum Gasteiger partial charge on any atom is 0.278 e. The lowest BCUT2D eigenvalue weighted by Crippen LogP contribution is -2.27. The van der Waals surface area contributed by atoms with Crippen LogP contribution in [0, 0.1) is 20.8 Å². The number of carbonyl (C=O) groups excluding carboxylic acids is 2. The molecule has 0 unspecified atom stereocenters.